The smallest absolute Gasteiger partial charge is 0.220 e. The SMILES string of the molecule is CC(C)(C)C1OCCCC1CNC(=O)C[C@@H]1CCC[C@H]1N.Cl. The van der Waals surface area contributed by atoms with Crippen LogP contribution in [-0.2, 0) is 9.53 Å². The van der Waals surface area contributed by atoms with Gasteiger partial charge >= 0.3 is 0 Å². The summed E-state index contributed by atoms with van der Waals surface area (Å²) < 4.78 is 5.97. The molecular weight excluding hydrogens is 300 g/mol. The van der Waals surface area contributed by atoms with Gasteiger partial charge in [0.25, 0.3) is 0 Å². The van der Waals surface area contributed by atoms with E-state index in [0.717, 1.165) is 38.8 Å². The van der Waals surface area contributed by atoms with E-state index < -0.39 is 0 Å². The molecule has 0 radical (unpaired) electrons. The molecule has 1 heterocycles. The van der Waals surface area contributed by atoms with Crippen LogP contribution in [0.15, 0.2) is 0 Å². The van der Waals surface area contributed by atoms with Crippen molar-refractivity contribution < 1.29 is 9.53 Å². The van der Waals surface area contributed by atoms with Crippen LogP contribution in [0.2, 0.25) is 0 Å². The highest BCUT2D eigenvalue weighted by Crippen LogP contribution is 2.33. The van der Waals surface area contributed by atoms with E-state index in [0.29, 0.717) is 18.3 Å². The van der Waals surface area contributed by atoms with Crippen LogP contribution in [0.1, 0.15) is 59.3 Å². The molecule has 1 aliphatic carbocycles. The van der Waals surface area contributed by atoms with Crippen LogP contribution < -0.4 is 11.1 Å². The zero-order valence-electron chi connectivity index (χ0n) is 14.3. The van der Waals surface area contributed by atoms with Crippen LogP contribution in [0, 0.1) is 17.3 Å². The standard InChI is InChI=1S/C17H32N2O2.ClH/c1-17(2,3)16-13(7-5-9-21-16)11-19-15(20)10-12-6-4-8-14(12)18;/h12-14,16H,4-11,18H2,1-3H3,(H,19,20);1H/t12-,13?,14+,16?;/m0./s1. The summed E-state index contributed by atoms with van der Waals surface area (Å²) >= 11 is 0. The molecular formula is C17H33ClN2O2. The van der Waals surface area contributed by atoms with Crippen LogP contribution in [0.25, 0.3) is 0 Å². The minimum atomic E-state index is 0. The third-order valence-corrected chi connectivity index (χ3v) is 5.03. The van der Waals surface area contributed by atoms with Gasteiger partial charge in [0.15, 0.2) is 0 Å². The van der Waals surface area contributed by atoms with Crippen molar-refractivity contribution in [1.29, 1.82) is 0 Å². The first-order valence-corrected chi connectivity index (χ1v) is 8.52. The maximum atomic E-state index is 12.1. The average Bonchev–Trinajstić information content (AvgIpc) is 2.81. The Morgan fingerprint density at radius 3 is 2.45 bits per heavy atom. The molecule has 1 aliphatic heterocycles. The van der Waals surface area contributed by atoms with E-state index in [9.17, 15) is 4.79 Å². The van der Waals surface area contributed by atoms with E-state index in [1.165, 1.54) is 6.42 Å². The lowest BCUT2D eigenvalue weighted by Gasteiger charge is -2.40. The highest BCUT2D eigenvalue weighted by Gasteiger charge is 2.35. The Labute approximate surface area is 141 Å². The number of hydrogen-bond donors (Lipinski definition) is 2. The van der Waals surface area contributed by atoms with Gasteiger partial charge in [-0.15, -0.1) is 12.4 Å². The Hall–Kier alpha value is -0.320. The molecule has 2 rings (SSSR count). The third-order valence-electron chi connectivity index (χ3n) is 5.03. The number of ether oxygens (including phenoxy) is 1. The Morgan fingerprint density at radius 1 is 1.18 bits per heavy atom. The molecule has 0 aromatic heterocycles. The quantitative estimate of drug-likeness (QED) is 0.832. The molecule has 0 aromatic carbocycles. The van der Waals surface area contributed by atoms with E-state index in [2.05, 4.69) is 26.1 Å². The zero-order chi connectivity index (χ0) is 15.5. The lowest BCUT2D eigenvalue weighted by atomic mass is 9.78. The largest absolute Gasteiger partial charge is 0.377 e. The van der Waals surface area contributed by atoms with Crippen molar-refractivity contribution >= 4 is 18.3 Å². The maximum absolute atomic E-state index is 12.1. The van der Waals surface area contributed by atoms with Gasteiger partial charge in [-0.2, -0.15) is 0 Å². The second-order valence-electron chi connectivity index (χ2n) is 7.92. The van der Waals surface area contributed by atoms with Crippen molar-refractivity contribution in [2.24, 2.45) is 23.0 Å². The Morgan fingerprint density at radius 2 is 1.86 bits per heavy atom. The van der Waals surface area contributed by atoms with Gasteiger partial charge in [0.2, 0.25) is 5.91 Å². The number of hydrogen-bond acceptors (Lipinski definition) is 3. The first-order valence-electron chi connectivity index (χ1n) is 8.52. The number of nitrogens with two attached hydrogens (primary N) is 1. The molecule has 1 amide bonds. The van der Waals surface area contributed by atoms with Gasteiger partial charge in [-0.3, -0.25) is 4.79 Å². The highest BCUT2D eigenvalue weighted by molar-refractivity contribution is 5.85. The molecule has 2 fully saturated rings. The molecule has 2 aliphatic rings. The summed E-state index contributed by atoms with van der Waals surface area (Å²) in [4.78, 5) is 12.1. The number of carbonyl (C=O) groups is 1. The summed E-state index contributed by atoms with van der Waals surface area (Å²) in [5.41, 5.74) is 6.17. The van der Waals surface area contributed by atoms with E-state index in [-0.39, 0.29) is 35.9 Å². The molecule has 130 valence electrons. The molecule has 4 atom stereocenters. The number of rotatable bonds is 4. The Balaban J connectivity index is 0.00000242. The predicted octanol–water partition coefficient (Wildman–Crippen LogP) is 2.88. The van der Waals surface area contributed by atoms with Crippen LogP contribution in [0.4, 0.5) is 0 Å². The first-order chi connectivity index (χ1) is 9.88. The van der Waals surface area contributed by atoms with Gasteiger partial charge in [0.05, 0.1) is 6.10 Å². The van der Waals surface area contributed by atoms with Gasteiger partial charge in [-0.25, -0.2) is 0 Å². The summed E-state index contributed by atoms with van der Waals surface area (Å²) in [7, 11) is 0. The number of nitrogens with one attached hydrogen (secondary N) is 1. The van der Waals surface area contributed by atoms with Crippen LogP contribution in [0.5, 0.6) is 0 Å². The minimum absolute atomic E-state index is 0. The van der Waals surface area contributed by atoms with Crippen LogP contribution in [-0.4, -0.2) is 31.2 Å². The van der Waals surface area contributed by atoms with Gasteiger partial charge < -0.3 is 15.8 Å². The summed E-state index contributed by atoms with van der Waals surface area (Å²) in [5, 5.41) is 3.13. The monoisotopic (exact) mass is 332 g/mol. The summed E-state index contributed by atoms with van der Waals surface area (Å²) in [6, 6.07) is 0.219. The maximum Gasteiger partial charge on any atom is 0.220 e. The summed E-state index contributed by atoms with van der Waals surface area (Å²) in [5.74, 6) is 0.974. The van der Waals surface area contributed by atoms with Crippen molar-refractivity contribution in [2.45, 2.75) is 71.4 Å². The van der Waals surface area contributed by atoms with Crippen molar-refractivity contribution in [3.63, 3.8) is 0 Å². The minimum Gasteiger partial charge on any atom is -0.377 e. The number of amides is 1. The molecule has 1 saturated heterocycles. The number of halogens is 1. The Kier molecular flexibility index (Phi) is 7.63. The van der Waals surface area contributed by atoms with Gasteiger partial charge in [0, 0.05) is 31.5 Å². The van der Waals surface area contributed by atoms with E-state index in [1.807, 2.05) is 0 Å². The summed E-state index contributed by atoms with van der Waals surface area (Å²) in [6.07, 6.45) is 6.41. The molecule has 5 heteroatoms. The van der Waals surface area contributed by atoms with Gasteiger partial charge in [0.1, 0.15) is 0 Å². The molecule has 0 spiro atoms. The molecule has 0 aromatic rings. The van der Waals surface area contributed by atoms with Crippen molar-refractivity contribution in [3.05, 3.63) is 0 Å². The lowest BCUT2D eigenvalue weighted by Crippen LogP contribution is -2.45. The van der Waals surface area contributed by atoms with Crippen molar-refractivity contribution in [1.82, 2.24) is 5.32 Å². The fourth-order valence-corrected chi connectivity index (χ4v) is 3.88. The predicted molar refractivity (Wildman–Crippen MR) is 92.1 cm³/mol. The molecule has 22 heavy (non-hydrogen) atoms. The molecule has 2 unspecified atom stereocenters. The topological polar surface area (TPSA) is 64.3 Å². The molecule has 1 saturated carbocycles. The fourth-order valence-electron chi connectivity index (χ4n) is 3.88. The molecule has 4 nitrogen and oxygen atoms in total. The zero-order valence-corrected chi connectivity index (χ0v) is 15.1. The van der Waals surface area contributed by atoms with Gasteiger partial charge in [-0.1, -0.05) is 27.2 Å². The second kappa shape index (κ2) is 8.51. The fraction of sp³-hybridized carbons (Fsp3) is 0.941. The van der Waals surface area contributed by atoms with E-state index in [1.54, 1.807) is 0 Å². The Bertz CT molecular complexity index is 357. The molecule has 3 N–H and O–H groups in total. The van der Waals surface area contributed by atoms with Crippen molar-refractivity contribution in [3.8, 4) is 0 Å². The van der Waals surface area contributed by atoms with Gasteiger partial charge in [-0.05, 0) is 37.0 Å². The van der Waals surface area contributed by atoms with Crippen LogP contribution in [0.3, 0.4) is 0 Å². The van der Waals surface area contributed by atoms with E-state index >= 15 is 0 Å². The lowest BCUT2D eigenvalue weighted by molar-refractivity contribution is -0.124. The number of carbonyl (C=O) groups excluding carboxylic acids is 1. The van der Waals surface area contributed by atoms with E-state index in [4.69, 9.17) is 10.5 Å². The van der Waals surface area contributed by atoms with Crippen molar-refractivity contribution in [2.75, 3.05) is 13.2 Å². The average molecular weight is 333 g/mol. The highest BCUT2D eigenvalue weighted by atomic mass is 35.5. The van der Waals surface area contributed by atoms with Crippen LogP contribution >= 0.6 is 12.4 Å². The second-order valence-corrected chi connectivity index (χ2v) is 7.92. The normalized spacial score (nSPS) is 32.4. The first kappa shape index (κ1) is 19.7. The third kappa shape index (κ3) is 5.39. The molecule has 0 bridgehead atoms. The summed E-state index contributed by atoms with van der Waals surface area (Å²) in [6.45, 7) is 8.24.